The van der Waals surface area contributed by atoms with E-state index in [4.69, 9.17) is 0 Å². The van der Waals surface area contributed by atoms with Crippen LogP contribution in [0, 0.1) is 0 Å². The van der Waals surface area contributed by atoms with Crippen LogP contribution in [-0.4, -0.2) is 35.6 Å². The molecule has 0 fully saturated rings. The molecule has 5 heteroatoms. The highest BCUT2D eigenvalue weighted by molar-refractivity contribution is 7.98. The molecule has 0 aliphatic heterocycles. The van der Waals surface area contributed by atoms with E-state index in [1.807, 2.05) is 24.9 Å². The molecule has 0 aromatic carbocycles. The number of nitrogens with zero attached hydrogens (tertiary/aromatic N) is 2. The summed E-state index contributed by atoms with van der Waals surface area (Å²) in [6.45, 7) is 0.973. The van der Waals surface area contributed by atoms with E-state index in [9.17, 15) is 0 Å². The van der Waals surface area contributed by atoms with Crippen LogP contribution in [0.25, 0.3) is 0 Å². The minimum atomic E-state index is 0.657. The van der Waals surface area contributed by atoms with Gasteiger partial charge in [0.15, 0.2) is 0 Å². The molecule has 2 N–H and O–H groups in total. The van der Waals surface area contributed by atoms with E-state index < -0.39 is 0 Å². The van der Waals surface area contributed by atoms with E-state index in [0.29, 0.717) is 5.95 Å². The fraction of sp³-hybridized carbons (Fsp3) is 0.600. The van der Waals surface area contributed by atoms with Crippen molar-refractivity contribution in [1.29, 1.82) is 0 Å². The molecule has 84 valence electrons. The number of rotatable bonds is 7. The highest BCUT2D eigenvalue weighted by atomic mass is 32.2. The third-order valence-corrected chi connectivity index (χ3v) is 2.66. The summed E-state index contributed by atoms with van der Waals surface area (Å²) in [7, 11) is 1.82. The fourth-order valence-corrected chi connectivity index (χ4v) is 1.66. The number of unbranched alkanes of at least 4 members (excludes halogenated alkanes) is 1. The molecule has 0 atom stereocenters. The first-order chi connectivity index (χ1) is 7.36. The number of anilines is 2. The molecule has 1 aromatic rings. The van der Waals surface area contributed by atoms with Gasteiger partial charge in [-0.2, -0.15) is 16.7 Å². The Morgan fingerprint density at radius 2 is 2.27 bits per heavy atom. The van der Waals surface area contributed by atoms with Gasteiger partial charge >= 0.3 is 0 Å². The summed E-state index contributed by atoms with van der Waals surface area (Å²) in [5, 5.41) is 6.19. The quantitative estimate of drug-likeness (QED) is 0.697. The second kappa shape index (κ2) is 7.34. The number of nitrogens with one attached hydrogen (secondary N) is 2. The number of hydrogen-bond acceptors (Lipinski definition) is 5. The Bertz CT molecular complexity index is 280. The Morgan fingerprint density at radius 1 is 1.40 bits per heavy atom. The van der Waals surface area contributed by atoms with Gasteiger partial charge in [0.2, 0.25) is 5.95 Å². The van der Waals surface area contributed by atoms with E-state index in [2.05, 4.69) is 26.9 Å². The van der Waals surface area contributed by atoms with Crippen molar-refractivity contribution in [3.63, 3.8) is 0 Å². The first kappa shape index (κ1) is 12.1. The summed E-state index contributed by atoms with van der Waals surface area (Å²) in [6.07, 6.45) is 6.32. The summed E-state index contributed by atoms with van der Waals surface area (Å²) in [6, 6.07) is 1.88. The molecule has 4 nitrogen and oxygen atoms in total. The Balaban J connectivity index is 2.24. The van der Waals surface area contributed by atoms with Crippen LogP contribution in [0.2, 0.25) is 0 Å². The van der Waals surface area contributed by atoms with Gasteiger partial charge in [0.25, 0.3) is 0 Å². The second-order valence-corrected chi connectivity index (χ2v) is 4.13. The zero-order chi connectivity index (χ0) is 10.9. The molecule has 0 aliphatic rings. The monoisotopic (exact) mass is 226 g/mol. The summed E-state index contributed by atoms with van der Waals surface area (Å²) < 4.78 is 0. The standard InChI is InChI=1S/C10H18N4S/c1-11-10-13-7-5-9(14-10)12-6-3-4-8-15-2/h5,7H,3-4,6,8H2,1-2H3,(H2,11,12,13,14). The predicted octanol–water partition coefficient (Wildman–Crippen LogP) is 2.07. The first-order valence-corrected chi connectivity index (χ1v) is 6.50. The van der Waals surface area contributed by atoms with Crippen molar-refractivity contribution in [2.24, 2.45) is 0 Å². The lowest BCUT2D eigenvalue weighted by molar-refractivity contribution is 0.839. The summed E-state index contributed by atoms with van der Waals surface area (Å²) in [5.74, 6) is 2.77. The van der Waals surface area contributed by atoms with Gasteiger partial charge in [-0.25, -0.2) is 4.98 Å². The van der Waals surface area contributed by atoms with Gasteiger partial charge in [-0.3, -0.25) is 0 Å². The molecule has 0 aliphatic carbocycles. The molecule has 0 radical (unpaired) electrons. The van der Waals surface area contributed by atoms with E-state index in [1.54, 1.807) is 6.20 Å². The molecule has 0 amide bonds. The molecule has 1 aromatic heterocycles. The minimum absolute atomic E-state index is 0.657. The van der Waals surface area contributed by atoms with Crippen molar-refractivity contribution in [3.8, 4) is 0 Å². The molecule has 0 saturated heterocycles. The maximum absolute atomic E-state index is 4.27. The highest BCUT2D eigenvalue weighted by Crippen LogP contribution is 2.05. The molecule has 0 spiro atoms. The van der Waals surface area contributed by atoms with Crippen molar-refractivity contribution in [2.75, 3.05) is 36.2 Å². The maximum atomic E-state index is 4.27. The van der Waals surface area contributed by atoms with Crippen LogP contribution in [0.15, 0.2) is 12.3 Å². The van der Waals surface area contributed by atoms with Crippen LogP contribution in [0.4, 0.5) is 11.8 Å². The smallest absolute Gasteiger partial charge is 0.224 e. The van der Waals surface area contributed by atoms with Crippen LogP contribution >= 0.6 is 11.8 Å². The minimum Gasteiger partial charge on any atom is -0.370 e. The molecule has 1 rings (SSSR count). The van der Waals surface area contributed by atoms with E-state index in [1.165, 1.54) is 18.6 Å². The molecule has 15 heavy (non-hydrogen) atoms. The van der Waals surface area contributed by atoms with Crippen LogP contribution in [0.1, 0.15) is 12.8 Å². The Kier molecular flexibility index (Phi) is 5.92. The van der Waals surface area contributed by atoms with Gasteiger partial charge in [-0.15, -0.1) is 0 Å². The average molecular weight is 226 g/mol. The van der Waals surface area contributed by atoms with Gasteiger partial charge < -0.3 is 10.6 Å². The maximum Gasteiger partial charge on any atom is 0.224 e. The van der Waals surface area contributed by atoms with Gasteiger partial charge in [-0.1, -0.05) is 0 Å². The van der Waals surface area contributed by atoms with Crippen LogP contribution < -0.4 is 10.6 Å². The Morgan fingerprint density at radius 3 is 3.00 bits per heavy atom. The molecule has 1 heterocycles. The normalized spacial score (nSPS) is 10.0. The molecule has 0 unspecified atom stereocenters. The summed E-state index contributed by atoms with van der Waals surface area (Å²) in [4.78, 5) is 8.32. The molecular weight excluding hydrogens is 208 g/mol. The van der Waals surface area contributed by atoms with Gasteiger partial charge in [-0.05, 0) is 30.9 Å². The summed E-state index contributed by atoms with van der Waals surface area (Å²) >= 11 is 1.89. The lowest BCUT2D eigenvalue weighted by Gasteiger charge is -2.05. The molecule has 0 saturated carbocycles. The van der Waals surface area contributed by atoms with Crippen LogP contribution in [-0.2, 0) is 0 Å². The van der Waals surface area contributed by atoms with Gasteiger partial charge in [0.05, 0.1) is 0 Å². The van der Waals surface area contributed by atoms with E-state index >= 15 is 0 Å². The topological polar surface area (TPSA) is 49.8 Å². The van der Waals surface area contributed by atoms with Crippen molar-refractivity contribution in [2.45, 2.75) is 12.8 Å². The van der Waals surface area contributed by atoms with Crippen LogP contribution in [0.3, 0.4) is 0 Å². The van der Waals surface area contributed by atoms with E-state index in [0.717, 1.165) is 12.4 Å². The van der Waals surface area contributed by atoms with Crippen molar-refractivity contribution < 1.29 is 0 Å². The van der Waals surface area contributed by atoms with Gasteiger partial charge in [0, 0.05) is 19.8 Å². The van der Waals surface area contributed by atoms with E-state index in [-0.39, 0.29) is 0 Å². The Labute approximate surface area is 95.3 Å². The molecule has 0 bridgehead atoms. The van der Waals surface area contributed by atoms with Crippen molar-refractivity contribution >= 4 is 23.5 Å². The van der Waals surface area contributed by atoms with Gasteiger partial charge in [0.1, 0.15) is 5.82 Å². The zero-order valence-electron chi connectivity index (χ0n) is 9.29. The molecular formula is C10H18N4S. The largest absolute Gasteiger partial charge is 0.370 e. The second-order valence-electron chi connectivity index (χ2n) is 3.14. The third kappa shape index (κ3) is 4.88. The Hall–Kier alpha value is -0.970. The lowest BCUT2D eigenvalue weighted by Crippen LogP contribution is -2.05. The first-order valence-electron chi connectivity index (χ1n) is 5.10. The average Bonchev–Trinajstić information content (AvgIpc) is 2.29. The van der Waals surface area contributed by atoms with Crippen LogP contribution in [0.5, 0.6) is 0 Å². The SMILES string of the molecule is CNc1nccc(NCCCCSC)n1. The lowest BCUT2D eigenvalue weighted by atomic mass is 10.3. The van der Waals surface area contributed by atoms with Crippen molar-refractivity contribution in [1.82, 2.24) is 9.97 Å². The third-order valence-electron chi connectivity index (χ3n) is 1.96. The summed E-state index contributed by atoms with van der Waals surface area (Å²) in [5.41, 5.74) is 0. The number of thioether (sulfide) groups is 1. The predicted molar refractivity (Wildman–Crippen MR) is 67.7 cm³/mol. The number of hydrogen-bond donors (Lipinski definition) is 2. The van der Waals surface area contributed by atoms with Crippen molar-refractivity contribution in [3.05, 3.63) is 12.3 Å². The zero-order valence-corrected chi connectivity index (χ0v) is 10.1. The highest BCUT2D eigenvalue weighted by Gasteiger charge is 1.95. The number of aromatic nitrogens is 2. The fourth-order valence-electron chi connectivity index (χ4n) is 1.17.